The van der Waals surface area contributed by atoms with Crippen molar-refractivity contribution in [3.8, 4) is 23.1 Å². The van der Waals surface area contributed by atoms with E-state index < -0.39 is 0 Å². The van der Waals surface area contributed by atoms with Gasteiger partial charge in [-0.2, -0.15) is 15.0 Å². The van der Waals surface area contributed by atoms with Crippen LogP contribution in [0.2, 0.25) is 0 Å². The van der Waals surface area contributed by atoms with E-state index in [1.54, 1.807) is 23.1 Å². The highest BCUT2D eigenvalue weighted by atomic mass is 15.4. The summed E-state index contributed by atoms with van der Waals surface area (Å²) in [5.41, 5.74) is 3.78. The second kappa shape index (κ2) is 8.38. The number of nitrogens with one attached hydrogen (secondary N) is 1. The number of hydrogen-bond donors (Lipinski definition) is 1. The van der Waals surface area contributed by atoms with Crippen LogP contribution >= 0.6 is 0 Å². The predicted molar refractivity (Wildman–Crippen MR) is 121 cm³/mol. The fourth-order valence-corrected chi connectivity index (χ4v) is 4.27. The molecule has 0 unspecified atom stereocenters. The smallest absolute Gasteiger partial charge is 0.164 e. The van der Waals surface area contributed by atoms with Gasteiger partial charge >= 0.3 is 0 Å². The molecule has 162 valence electrons. The lowest BCUT2D eigenvalue weighted by molar-refractivity contribution is 0.324. The molecule has 0 radical (unpaired) electrons. The minimum atomic E-state index is 0.225. The van der Waals surface area contributed by atoms with Crippen molar-refractivity contribution in [2.24, 2.45) is 0 Å². The van der Waals surface area contributed by atoms with E-state index in [1.165, 1.54) is 19.3 Å². The maximum Gasteiger partial charge on any atom is 0.164 e. The van der Waals surface area contributed by atoms with Gasteiger partial charge in [-0.05, 0) is 32.8 Å². The summed E-state index contributed by atoms with van der Waals surface area (Å²) in [5.74, 6) is 0.642. The summed E-state index contributed by atoms with van der Waals surface area (Å²) in [4.78, 5) is 9.06. The molecule has 0 atom stereocenters. The molecule has 4 heterocycles. The summed E-state index contributed by atoms with van der Waals surface area (Å²) >= 11 is 0. The summed E-state index contributed by atoms with van der Waals surface area (Å²) in [6, 6.07) is 6.50. The van der Waals surface area contributed by atoms with Gasteiger partial charge in [0.15, 0.2) is 11.5 Å². The lowest BCUT2D eigenvalue weighted by Crippen LogP contribution is -2.13. The summed E-state index contributed by atoms with van der Waals surface area (Å²) in [6.45, 7) is 4.19. The van der Waals surface area contributed by atoms with Crippen LogP contribution in [0.4, 0.5) is 5.69 Å². The molecule has 1 N–H and O–H groups in total. The number of nitrogens with zero attached hydrogens (tertiary/aromatic N) is 8. The zero-order chi connectivity index (χ0) is 22.1. The number of anilines is 1. The van der Waals surface area contributed by atoms with E-state index in [1.807, 2.05) is 23.1 Å². The van der Waals surface area contributed by atoms with Crippen LogP contribution in [0, 0.1) is 11.3 Å². The third kappa shape index (κ3) is 3.80. The summed E-state index contributed by atoms with van der Waals surface area (Å²) < 4.78 is 3.70. The zero-order valence-corrected chi connectivity index (χ0v) is 18.2. The Bertz CT molecular complexity index is 1290. The molecule has 9 nitrogen and oxygen atoms in total. The third-order valence-corrected chi connectivity index (χ3v) is 5.82. The molecular weight excluding hydrogens is 402 g/mol. The molecule has 5 rings (SSSR count). The van der Waals surface area contributed by atoms with Crippen LogP contribution < -0.4 is 5.32 Å². The Labute approximate surface area is 186 Å². The third-order valence-electron chi connectivity index (χ3n) is 5.82. The van der Waals surface area contributed by atoms with Crippen LogP contribution in [-0.4, -0.2) is 40.8 Å². The summed E-state index contributed by atoms with van der Waals surface area (Å²) in [7, 11) is 0. The van der Waals surface area contributed by atoms with E-state index in [-0.39, 0.29) is 6.04 Å². The van der Waals surface area contributed by atoms with E-state index in [4.69, 9.17) is 5.26 Å². The van der Waals surface area contributed by atoms with Gasteiger partial charge < -0.3 is 5.32 Å². The molecule has 0 saturated heterocycles. The molecule has 1 fully saturated rings. The van der Waals surface area contributed by atoms with Gasteiger partial charge in [0, 0.05) is 41.1 Å². The second-order valence-corrected chi connectivity index (χ2v) is 8.57. The number of nitriles is 1. The van der Waals surface area contributed by atoms with E-state index in [2.05, 4.69) is 50.6 Å². The van der Waals surface area contributed by atoms with Crippen molar-refractivity contribution in [1.29, 1.82) is 5.26 Å². The summed E-state index contributed by atoms with van der Waals surface area (Å²) in [5, 5.41) is 26.8. The highest BCUT2D eigenvalue weighted by Gasteiger charge is 2.19. The van der Waals surface area contributed by atoms with Crippen molar-refractivity contribution >= 4 is 16.7 Å². The average Bonchev–Trinajstić information content (AvgIpc) is 3.46. The van der Waals surface area contributed by atoms with Crippen molar-refractivity contribution in [3.63, 3.8) is 0 Å². The van der Waals surface area contributed by atoms with Crippen molar-refractivity contribution in [1.82, 2.24) is 34.7 Å². The lowest BCUT2D eigenvalue weighted by atomic mass is 9.96. The quantitative estimate of drug-likeness (QED) is 0.506. The van der Waals surface area contributed by atoms with Crippen LogP contribution in [0.1, 0.15) is 57.6 Å². The van der Waals surface area contributed by atoms with Gasteiger partial charge in [-0.25, -0.2) is 14.6 Å². The first-order valence-electron chi connectivity index (χ1n) is 11.1. The topological polar surface area (TPSA) is 110 Å². The maximum absolute atomic E-state index is 9.11. The first-order chi connectivity index (χ1) is 15.6. The van der Waals surface area contributed by atoms with Crippen LogP contribution in [-0.2, 0) is 0 Å². The van der Waals surface area contributed by atoms with Crippen LogP contribution in [0.25, 0.3) is 28.1 Å². The Kier molecular flexibility index (Phi) is 5.27. The molecular formula is C23H25N9. The van der Waals surface area contributed by atoms with E-state index in [9.17, 15) is 0 Å². The molecule has 0 aliphatic heterocycles. The first kappa shape index (κ1) is 20.1. The molecule has 0 amide bonds. The molecule has 0 aromatic carbocycles. The maximum atomic E-state index is 9.11. The number of rotatable bonds is 5. The molecule has 0 spiro atoms. The van der Waals surface area contributed by atoms with Crippen LogP contribution in [0.3, 0.4) is 0 Å². The highest BCUT2D eigenvalue weighted by molar-refractivity contribution is 5.79. The number of pyridine rings is 2. The van der Waals surface area contributed by atoms with Gasteiger partial charge in [-0.15, -0.1) is 5.10 Å². The van der Waals surface area contributed by atoms with Gasteiger partial charge in [-0.1, -0.05) is 24.5 Å². The second-order valence-electron chi connectivity index (χ2n) is 8.57. The fraction of sp³-hybridized carbons (Fsp3) is 0.391. The Morgan fingerprint density at radius 3 is 2.72 bits per heavy atom. The molecule has 9 heteroatoms. The molecule has 1 aliphatic carbocycles. The van der Waals surface area contributed by atoms with Crippen molar-refractivity contribution in [2.75, 3.05) is 5.32 Å². The standard InChI is InChI=1S/C23H25N9/c1-15(2)28-20-9-22(32-23-17(12-27-32)8-16(10-24)11-26-23)25-13-19(20)21-14-31(30-29-21)18-6-4-3-5-7-18/h8-9,11-15,18H,3-7H2,1-2H3,(H,25,28). The summed E-state index contributed by atoms with van der Waals surface area (Å²) in [6.07, 6.45) is 13.2. The minimum Gasteiger partial charge on any atom is -0.382 e. The SMILES string of the molecule is CC(C)Nc1cc(-n2ncc3cc(C#N)cnc32)ncc1-c1cn(C2CCCCC2)nn1. The van der Waals surface area contributed by atoms with E-state index in [0.29, 0.717) is 23.1 Å². The molecule has 1 aliphatic rings. The van der Waals surface area contributed by atoms with Gasteiger partial charge in [0.05, 0.1) is 24.0 Å². The number of hydrogen-bond acceptors (Lipinski definition) is 7. The Morgan fingerprint density at radius 1 is 1.09 bits per heavy atom. The highest BCUT2D eigenvalue weighted by Crippen LogP contribution is 2.32. The Balaban J connectivity index is 1.53. The Morgan fingerprint density at radius 2 is 1.94 bits per heavy atom. The molecule has 4 aromatic rings. The minimum absolute atomic E-state index is 0.225. The first-order valence-corrected chi connectivity index (χ1v) is 11.1. The van der Waals surface area contributed by atoms with E-state index >= 15 is 0 Å². The zero-order valence-electron chi connectivity index (χ0n) is 18.2. The predicted octanol–water partition coefficient (Wildman–Crippen LogP) is 4.27. The van der Waals surface area contributed by atoms with Crippen molar-refractivity contribution < 1.29 is 0 Å². The molecule has 1 saturated carbocycles. The fourth-order valence-electron chi connectivity index (χ4n) is 4.27. The van der Waals surface area contributed by atoms with Crippen LogP contribution in [0.5, 0.6) is 0 Å². The monoisotopic (exact) mass is 427 g/mol. The van der Waals surface area contributed by atoms with Crippen LogP contribution in [0.15, 0.2) is 36.9 Å². The molecule has 0 bridgehead atoms. The number of aromatic nitrogens is 7. The number of fused-ring (bicyclic) bond motifs is 1. The van der Waals surface area contributed by atoms with Gasteiger partial charge in [0.25, 0.3) is 0 Å². The average molecular weight is 428 g/mol. The molecule has 4 aromatic heterocycles. The Hall–Kier alpha value is -3.80. The van der Waals surface area contributed by atoms with Gasteiger partial charge in [-0.3, -0.25) is 0 Å². The molecule has 32 heavy (non-hydrogen) atoms. The normalized spacial score (nSPS) is 14.7. The lowest BCUT2D eigenvalue weighted by Gasteiger charge is -2.21. The van der Waals surface area contributed by atoms with Crippen molar-refractivity contribution in [3.05, 3.63) is 42.5 Å². The van der Waals surface area contributed by atoms with E-state index in [0.717, 1.165) is 35.2 Å². The van der Waals surface area contributed by atoms with Crippen molar-refractivity contribution in [2.45, 2.75) is 58.0 Å². The van der Waals surface area contributed by atoms with Gasteiger partial charge in [0.1, 0.15) is 11.8 Å². The van der Waals surface area contributed by atoms with Gasteiger partial charge in [0.2, 0.25) is 0 Å². The largest absolute Gasteiger partial charge is 0.382 e.